The van der Waals surface area contributed by atoms with E-state index in [1.807, 2.05) is 24.3 Å². The molecule has 0 bridgehead atoms. The Morgan fingerprint density at radius 1 is 0.933 bits per heavy atom. The summed E-state index contributed by atoms with van der Waals surface area (Å²) in [6.07, 6.45) is -0.581. The molecule has 1 unspecified atom stereocenters. The number of nitrogens with zero attached hydrogens (tertiary/aromatic N) is 2. The van der Waals surface area contributed by atoms with Crippen LogP contribution in [0.2, 0.25) is 0 Å². The van der Waals surface area contributed by atoms with Crippen molar-refractivity contribution in [3.8, 4) is 0 Å². The number of ketones is 1. The van der Waals surface area contributed by atoms with Crippen LogP contribution in [0.3, 0.4) is 0 Å². The molecular weight excluding hydrogens is 378 g/mol. The highest BCUT2D eigenvalue weighted by molar-refractivity contribution is 6.01. The van der Waals surface area contributed by atoms with Gasteiger partial charge in [-0.05, 0) is 64.4 Å². The first-order valence-electron chi connectivity index (χ1n) is 10.7. The van der Waals surface area contributed by atoms with E-state index in [4.69, 9.17) is 4.74 Å². The van der Waals surface area contributed by atoms with Gasteiger partial charge in [0.1, 0.15) is 5.60 Å². The normalized spacial score (nSPS) is 16.2. The molecule has 0 aliphatic carbocycles. The number of alkyl carbamates (subject to hydrolysis) is 1. The minimum absolute atomic E-state index is 0.129. The summed E-state index contributed by atoms with van der Waals surface area (Å²) in [5, 5.41) is 2.59. The quantitative estimate of drug-likeness (QED) is 0.724. The Balaban J connectivity index is 0.000000804. The number of carbonyl (C=O) groups excluding carboxylic acids is 2. The molecule has 1 aliphatic rings. The van der Waals surface area contributed by atoms with Gasteiger partial charge >= 0.3 is 6.09 Å². The summed E-state index contributed by atoms with van der Waals surface area (Å²) in [7, 11) is 2.12. The first-order chi connectivity index (χ1) is 13.7. The molecule has 1 amide bonds. The second-order valence-corrected chi connectivity index (χ2v) is 10.6. The maximum absolute atomic E-state index is 12.5. The third-order valence-corrected chi connectivity index (χ3v) is 4.15. The fourth-order valence-corrected chi connectivity index (χ4v) is 2.70. The van der Waals surface area contributed by atoms with Gasteiger partial charge in [0.2, 0.25) is 0 Å². The van der Waals surface area contributed by atoms with Crippen molar-refractivity contribution in [2.24, 2.45) is 5.41 Å². The van der Waals surface area contributed by atoms with Crippen LogP contribution in [0.1, 0.15) is 65.7 Å². The number of rotatable bonds is 4. The van der Waals surface area contributed by atoms with Gasteiger partial charge in [-0.1, -0.05) is 27.7 Å². The van der Waals surface area contributed by atoms with Crippen LogP contribution >= 0.6 is 0 Å². The van der Waals surface area contributed by atoms with E-state index < -0.39 is 17.7 Å². The molecule has 1 fully saturated rings. The third kappa shape index (κ3) is 10.6. The second-order valence-electron chi connectivity index (χ2n) is 10.6. The first-order valence-corrected chi connectivity index (χ1v) is 10.7. The Bertz CT molecular complexity index is 673. The lowest BCUT2D eigenvalue weighted by Gasteiger charge is -2.34. The van der Waals surface area contributed by atoms with Gasteiger partial charge in [-0.2, -0.15) is 0 Å². The molecule has 0 aromatic heterocycles. The summed E-state index contributed by atoms with van der Waals surface area (Å²) in [6.45, 7) is 19.8. The highest BCUT2D eigenvalue weighted by Crippen LogP contribution is 2.18. The number of hydrogen-bond acceptors (Lipinski definition) is 5. The van der Waals surface area contributed by atoms with E-state index in [0.717, 1.165) is 31.9 Å². The van der Waals surface area contributed by atoms with Crippen molar-refractivity contribution in [3.05, 3.63) is 29.8 Å². The Morgan fingerprint density at radius 2 is 1.40 bits per heavy atom. The molecule has 2 rings (SSSR count). The van der Waals surface area contributed by atoms with E-state index in [9.17, 15) is 9.59 Å². The Morgan fingerprint density at radius 3 is 1.83 bits per heavy atom. The number of hydrogen-bond donors (Lipinski definition) is 1. The first kappa shape index (κ1) is 26.0. The fraction of sp³-hybridized carbons (Fsp3) is 0.667. The van der Waals surface area contributed by atoms with Crippen LogP contribution < -0.4 is 10.2 Å². The maximum atomic E-state index is 12.5. The van der Waals surface area contributed by atoms with E-state index in [1.165, 1.54) is 0 Å². The molecule has 1 atom stereocenters. The van der Waals surface area contributed by atoms with Crippen molar-refractivity contribution in [1.82, 2.24) is 10.2 Å². The van der Waals surface area contributed by atoms with E-state index >= 15 is 0 Å². The molecule has 1 N–H and O–H groups in total. The number of carbonyl (C=O) groups is 2. The monoisotopic (exact) mass is 419 g/mol. The van der Waals surface area contributed by atoms with E-state index in [2.05, 4.69) is 49.9 Å². The number of anilines is 1. The van der Waals surface area contributed by atoms with Gasteiger partial charge in [0, 0.05) is 37.4 Å². The van der Waals surface area contributed by atoms with Crippen molar-refractivity contribution in [2.45, 2.75) is 67.0 Å². The number of ether oxygens (including phenoxy) is 1. The van der Waals surface area contributed by atoms with Crippen LogP contribution in [0.15, 0.2) is 24.3 Å². The topological polar surface area (TPSA) is 61.9 Å². The number of nitrogens with one attached hydrogen (secondary N) is 1. The van der Waals surface area contributed by atoms with Gasteiger partial charge in [0.25, 0.3) is 0 Å². The van der Waals surface area contributed by atoms with Gasteiger partial charge in [0.05, 0.1) is 6.04 Å². The Kier molecular flexibility index (Phi) is 9.35. The summed E-state index contributed by atoms with van der Waals surface area (Å²) in [4.78, 5) is 28.9. The van der Waals surface area contributed by atoms with Gasteiger partial charge in [-0.3, -0.25) is 4.79 Å². The zero-order valence-corrected chi connectivity index (χ0v) is 20.3. The summed E-state index contributed by atoms with van der Waals surface area (Å²) >= 11 is 0. The third-order valence-electron chi connectivity index (χ3n) is 4.15. The van der Waals surface area contributed by atoms with Crippen LogP contribution in [0.5, 0.6) is 0 Å². The SMILES string of the molecule is CC(C)(C)C.CC(NC(=O)OC(C)(C)C)C(=O)c1ccc(N2CCN(C)CC2)cc1. The molecule has 1 aromatic rings. The smallest absolute Gasteiger partial charge is 0.408 e. The standard InChI is InChI=1S/C19H29N3O3.C5H12/c1-14(20-18(24)25-19(2,3)4)17(23)15-6-8-16(9-7-15)22-12-10-21(5)11-13-22;1-5(2,3)4/h6-9,14H,10-13H2,1-5H3,(H,20,24);1-4H3. The van der Waals surface area contributed by atoms with Crippen molar-refractivity contribution >= 4 is 17.6 Å². The van der Waals surface area contributed by atoms with Crippen molar-refractivity contribution < 1.29 is 14.3 Å². The zero-order chi connectivity index (χ0) is 23.1. The predicted molar refractivity (Wildman–Crippen MR) is 124 cm³/mol. The summed E-state index contributed by atoms with van der Waals surface area (Å²) in [5.41, 5.74) is 1.62. The van der Waals surface area contributed by atoms with Gasteiger partial charge < -0.3 is 19.9 Å². The van der Waals surface area contributed by atoms with E-state index in [-0.39, 0.29) is 5.78 Å². The molecule has 1 aromatic carbocycles. The molecule has 0 radical (unpaired) electrons. The van der Waals surface area contributed by atoms with Crippen LogP contribution in [-0.4, -0.2) is 61.6 Å². The lowest BCUT2D eigenvalue weighted by Crippen LogP contribution is -2.44. The molecular formula is C24H41N3O3. The summed E-state index contributed by atoms with van der Waals surface area (Å²) in [6, 6.07) is 6.95. The summed E-state index contributed by atoms with van der Waals surface area (Å²) < 4.78 is 5.19. The highest BCUT2D eigenvalue weighted by Gasteiger charge is 2.22. The molecule has 1 saturated heterocycles. The fourth-order valence-electron chi connectivity index (χ4n) is 2.70. The molecule has 0 spiro atoms. The van der Waals surface area contributed by atoms with Gasteiger partial charge in [-0.15, -0.1) is 0 Å². The van der Waals surface area contributed by atoms with Crippen molar-refractivity contribution in [2.75, 3.05) is 38.1 Å². The lowest BCUT2D eigenvalue weighted by atomic mass is 10.0. The second kappa shape index (κ2) is 10.8. The average Bonchev–Trinajstić information content (AvgIpc) is 2.59. The largest absolute Gasteiger partial charge is 0.444 e. The van der Waals surface area contributed by atoms with Crippen LogP contribution in [0, 0.1) is 5.41 Å². The van der Waals surface area contributed by atoms with E-state index in [1.54, 1.807) is 27.7 Å². The number of amides is 1. The molecule has 1 heterocycles. The molecule has 30 heavy (non-hydrogen) atoms. The Hall–Kier alpha value is -2.08. The van der Waals surface area contributed by atoms with Gasteiger partial charge in [0.15, 0.2) is 5.78 Å². The number of Topliss-reactive ketones (excluding diaryl/α,β-unsaturated/α-hetero) is 1. The minimum atomic E-state index is -0.635. The molecule has 0 saturated carbocycles. The highest BCUT2D eigenvalue weighted by atomic mass is 16.6. The van der Waals surface area contributed by atoms with Crippen LogP contribution in [0.25, 0.3) is 0 Å². The van der Waals surface area contributed by atoms with Crippen molar-refractivity contribution in [1.29, 1.82) is 0 Å². The molecule has 170 valence electrons. The number of benzene rings is 1. The predicted octanol–water partition coefficient (Wildman–Crippen LogP) is 4.59. The number of likely N-dealkylation sites (N-methyl/N-ethyl adjacent to an activating group) is 1. The minimum Gasteiger partial charge on any atom is -0.444 e. The lowest BCUT2D eigenvalue weighted by molar-refractivity contribution is 0.0496. The van der Waals surface area contributed by atoms with E-state index in [0.29, 0.717) is 11.0 Å². The van der Waals surface area contributed by atoms with Crippen molar-refractivity contribution in [3.63, 3.8) is 0 Å². The average molecular weight is 420 g/mol. The summed E-state index contributed by atoms with van der Waals surface area (Å²) in [5.74, 6) is -0.129. The zero-order valence-electron chi connectivity index (χ0n) is 20.3. The van der Waals surface area contributed by atoms with Crippen LogP contribution in [-0.2, 0) is 4.74 Å². The Labute approximate surface area is 183 Å². The number of piperazine rings is 1. The molecule has 6 nitrogen and oxygen atoms in total. The molecule has 1 aliphatic heterocycles. The maximum Gasteiger partial charge on any atom is 0.408 e. The van der Waals surface area contributed by atoms with Gasteiger partial charge in [-0.25, -0.2) is 4.79 Å². The van der Waals surface area contributed by atoms with Crippen LogP contribution in [0.4, 0.5) is 10.5 Å². The molecule has 6 heteroatoms.